The molecule has 8 nitrogen and oxygen atoms in total. The van der Waals surface area contributed by atoms with E-state index < -0.39 is 0 Å². The lowest BCUT2D eigenvalue weighted by Crippen LogP contribution is -2.24. The molecule has 0 spiro atoms. The van der Waals surface area contributed by atoms with Crippen molar-refractivity contribution in [3.8, 4) is 5.13 Å². The van der Waals surface area contributed by atoms with Crippen LogP contribution in [0.2, 0.25) is 0 Å². The lowest BCUT2D eigenvalue weighted by Gasteiger charge is -2.12. The number of thiazole rings is 1. The molecule has 2 aromatic carbocycles. The number of benzene rings is 2. The maximum Gasteiger partial charge on any atom is 0.283 e. The van der Waals surface area contributed by atoms with Crippen LogP contribution >= 0.6 is 11.3 Å². The third-order valence-electron chi connectivity index (χ3n) is 6.20. The van der Waals surface area contributed by atoms with Gasteiger partial charge in [-0.3, -0.25) is 19.0 Å². The second-order valence-electron chi connectivity index (χ2n) is 8.52. The molecule has 0 aliphatic rings. The summed E-state index contributed by atoms with van der Waals surface area (Å²) >= 11 is 1.46. The number of fused-ring (bicyclic) bond motifs is 2. The quantitative estimate of drug-likeness (QED) is 0.375. The normalized spacial score (nSPS) is 11.6. The number of pyridine rings is 1. The lowest BCUT2D eigenvalue weighted by molar-refractivity contribution is 0.610. The van der Waals surface area contributed by atoms with Crippen molar-refractivity contribution < 1.29 is 0 Å². The number of nitrogens with zero attached hydrogens (tertiary/aromatic N) is 6. The average Bonchev–Trinajstić information content (AvgIpc) is 3.53. The molecule has 0 bridgehead atoms. The first-order valence-electron chi connectivity index (χ1n) is 11.2. The highest BCUT2D eigenvalue weighted by molar-refractivity contribution is 7.20. The molecule has 0 saturated heterocycles. The minimum absolute atomic E-state index is 0.177. The van der Waals surface area contributed by atoms with Gasteiger partial charge in [-0.1, -0.05) is 53.8 Å². The van der Waals surface area contributed by atoms with Gasteiger partial charge in [0.1, 0.15) is 0 Å². The topological polar surface area (TPSA) is 79.6 Å². The molecular weight excluding hydrogens is 460 g/mol. The SMILES string of the molecule is Cc1c2c(=O)n(-c3nc4ccccc4s3)n(Cc3ccccc3)c2cc(=O)n1Cc1ccn(C)n1. The molecule has 0 fully saturated rings. The monoisotopic (exact) mass is 482 g/mol. The molecule has 174 valence electrons. The van der Waals surface area contributed by atoms with Gasteiger partial charge in [0.25, 0.3) is 11.1 Å². The van der Waals surface area contributed by atoms with E-state index in [-0.39, 0.29) is 11.1 Å². The molecule has 0 saturated carbocycles. The molecule has 0 amide bonds. The van der Waals surface area contributed by atoms with E-state index in [1.165, 1.54) is 11.3 Å². The second kappa shape index (κ2) is 8.21. The fourth-order valence-electron chi connectivity index (χ4n) is 4.50. The van der Waals surface area contributed by atoms with E-state index in [4.69, 9.17) is 4.98 Å². The predicted octanol–water partition coefficient (Wildman–Crippen LogP) is 3.70. The zero-order chi connectivity index (χ0) is 24.1. The smallest absolute Gasteiger partial charge is 0.283 e. The highest BCUT2D eigenvalue weighted by Crippen LogP contribution is 2.26. The summed E-state index contributed by atoms with van der Waals surface area (Å²) in [5.41, 5.74) is 3.46. The molecule has 9 heteroatoms. The standard InChI is InChI=1S/C26H22N6O2S/c1-17-24-21(14-23(33)30(17)16-19-12-13-29(2)28-19)31(15-18-8-4-3-5-9-18)32(25(24)34)26-27-20-10-6-7-11-22(20)35-26/h3-14H,15-16H2,1-2H3. The first-order valence-corrected chi connectivity index (χ1v) is 12.1. The van der Waals surface area contributed by atoms with Gasteiger partial charge in [-0.25, -0.2) is 4.98 Å². The van der Waals surface area contributed by atoms with E-state index in [2.05, 4.69) is 5.10 Å². The molecule has 4 heterocycles. The minimum atomic E-state index is -0.192. The molecule has 0 aliphatic heterocycles. The maximum atomic E-state index is 13.9. The van der Waals surface area contributed by atoms with Gasteiger partial charge in [0.2, 0.25) is 5.13 Å². The number of aromatic nitrogens is 6. The second-order valence-corrected chi connectivity index (χ2v) is 9.53. The molecule has 35 heavy (non-hydrogen) atoms. The van der Waals surface area contributed by atoms with Crippen molar-refractivity contribution in [2.45, 2.75) is 20.0 Å². The van der Waals surface area contributed by atoms with E-state index in [9.17, 15) is 9.59 Å². The van der Waals surface area contributed by atoms with Crippen LogP contribution in [0.4, 0.5) is 0 Å². The molecular formula is C26H22N6O2S. The van der Waals surface area contributed by atoms with Crippen molar-refractivity contribution in [1.82, 2.24) is 28.7 Å². The fraction of sp³-hybridized carbons (Fsp3) is 0.154. The largest absolute Gasteiger partial charge is 0.306 e. The summed E-state index contributed by atoms with van der Waals surface area (Å²) in [7, 11) is 1.84. The number of hydrogen-bond donors (Lipinski definition) is 0. The van der Waals surface area contributed by atoms with E-state index >= 15 is 0 Å². The molecule has 6 aromatic rings. The van der Waals surface area contributed by atoms with Crippen molar-refractivity contribution in [2.24, 2.45) is 7.05 Å². The third kappa shape index (κ3) is 3.60. The number of hydrogen-bond acceptors (Lipinski definition) is 5. The van der Waals surface area contributed by atoms with Gasteiger partial charge in [-0.05, 0) is 30.7 Å². The van der Waals surface area contributed by atoms with E-state index in [1.807, 2.05) is 85.5 Å². The third-order valence-corrected chi connectivity index (χ3v) is 7.21. The Bertz CT molecular complexity index is 1790. The van der Waals surface area contributed by atoms with Crippen molar-refractivity contribution in [2.75, 3.05) is 0 Å². The predicted molar refractivity (Wildman–Crippen MR) is 138 cm³/mol. The van der Waals surface area contributed by atoms with Crippen LogP contribution in [0.15, 0.2) is 82.5 Å². The van der Waals surface area contributed by atoms with Crippen molar-refractivity contribution in [3.63, 3.8) is 0 Å². The fourth-order valence-corrected chi connectivity index (χ4v) is 5.48. The molecule has 0 atom stereocenters. The van der Waals surface area contributed by atoms with Crippen LogP contribution in [-0.4, -0.2) is 28.7 Å². The van der Waals surface area contributed by atoms with Crippen LogP contribution < -0.4 is 11.1 Å². The van der Waals surface area contributed by atoms with Crippen molar-refractivity contribution in [3.05, 3.63) is 111 Å². The summed E-state index contributed by atoms with van der Waals surface area (Å²) in [5.74, 6) is 0. The number of para-hydroxylation sites is 1. The van der Waals surface area contributed by atoms with Crippen LogP contribution in [0.3, 0.4) is 0 Å². The summed E-state index contributed by atoms with van der Waals surface area (Å²) < 4.78 is 7.79. The van der Waals surface area contributed by atoms with Crippen LogP contribution in [0.1, 0.15) is 17.0 Å². The zero-order valence-corrected chi connectivity index (χ0v) is 20.1. The van der Waals surface area contributed by atoms with Gasteiger partial charge in [0.05, 0.1) is 39.9 Å². The first kappa shape index (κ1) is 21.3. The summed E-state index contributed by atoms with van der Waals surface area (Å²) in [6.07, 6.45) is 1.84. The van der Waals surface area contributed by atoms with Crippen LogP contribution in [-0.2, 0) is 20.1 Å². The zero-order valence-electron chi connectivity index (χ0n) is 19.3. The Balaban J connectivity index is 1.62. The van der Waals surface area contributed by atoms with Gasteiger partial charge in [-0.15, -0.1) is 0 Å². The average molecular weight is 483 g/mol. The molecule has 0 unspecified atom stereocenters. The summed E-state index contributed by atoms with van der Waals surface area (Å²) in [6, 6.07) is 21.2. The maximum absolute atomic E-state index is 13.9. The Morgan fingerprint density at radius 1 is 0.943 bits per heavy atom. The summed E-state index contributed by atoms with van der Waals surface area (Å²) in [6.45, 7) is 2.55. The van der Waals surface area contributed by atoms with E-state index in [1.54, 1.807) is 20.0 Å². The number of rotatable bonds is 5. The summed E-state index contributed by atoms with van der Waals surface area (Å²) in [4.78, 5) is 31.9. The Labute approximate surface area is 203 Å². The van der Waals surface area contributed by atoms with E-state index in [0.717, 1.165) is 21.5 Å². The molecule has 0 radical (unpaired) electrons. The van der Waals surface area contributed by atoms with Gasteiger partial charge >= 0.3 is 0 Å². The Morgan fingerprint density at radius 2 is 1.71 bits per heavy atom. The van der Waals surface area contributed by atoms with E-state index in [0.29, 0.717) is 34.8 Å². The van der Waals surface area contributed by atoms with Gasteiger partial charge in [0.15, 0.2) is 0 Å². The van der Waals surface area contributed by atoms with Crippen LogP contribution in [0.5, 0.6) is 0 Å². The van der Waals surface area contributed by atoms with Crippen LogP contribution in [0, 0.1) is 6.92 Å². The first-order chi connectivity index (χ1) is 17.0. The highest BCUT2D eigenvalue weighted by atomic mass is 32.1. The number of aryl methyl sites for hydroxylation is 2. The Morgan fingerprint density at radius 3 is 2.46 bits per heavy atom. The Hall–Kier alpha value is -4.24. The molecule has 4 aromatic heterocycles. The lowest BCUT2D eigenvalue weighted by atomic mass is 10.2. The van der Waals surface area contributed by atoms with Crippen LogP contribution in [0.25, 0.3) is 26.3 Å². The van der Waals surface area contributed by atoms with Crippen molar-refractivity contribution in [1.29, 1.82) is 0 Å². The highest BCUT2D eigenvalue weighted by Gasteiger charge is 2.22. The minimum Gasteiger partial charge on any atom is -0.306 e. The van der Waals surface area contributed by atoms with Gasteiger partial charge in [0, 0.05) is 25.0 Å². The molecule has 0 N–H and O–H groups in total. The van der Waals surface area contributed by atoms with Crippen molar-refractivity contribution >= 4 is 32.5 Å². The molecule has 0 aliphatic carbocycles. The van der Waals surface area contributed by atoms with Gasteiger partial charge in [-0.2, -0.15) is 9.78 Å². The van der Waals surface area contributed by atoms with Gasteiger partial charge < -0.3 is 4.57 Å². The molecule has 6 rings (SSSR count). The summed E-state index contributed by atoms with van der Waals surface area (Å²) in [5, 5.41) is 5.49. The Kier molecular flexibility index (Phi) is 5.00.